The summed E-state index contributed by atoms with van der Waals surface area (Å²) in [6, 6.07) is 5.86. The first-order valence-corrected chi connectivity index (χ1v) is 17.4. The van der Waals surface area contributed by atoms with Crippen LogP contribution in [0.15, 0.2) is 29.0 Å². The summed E-state index contributed by atoms with van der Waals surface area (Å²) < 4.78 is 19.5. The zero-order valence-electron chi connectivity index (χ0n) is 23.0. The van der Waals surface area contributed by atoms with Crippen LogP contribution in [0.25, 0.3) is 28.3 Å². The summed E-state index contributed by atoms with van der Waals surface area (Å²) in [5, 5.41) is 16.6. The van der Waals surface area contributed by atoms with Gasteiger partial charge in [0.15, 0.2) is 11.5 Å². The molecule has 6 rings (SSSR count). The molecule has 0 unspecified atom stereocenters. The predicted octanol–water partition coefficient (Wildman–Crippen LogP) is 4.08. The van der Waals surface area contributed by atoms with Gasteiger partial charge in [-0.05, 0) is 31.4 Å². The molecule has 0 spiro atoms. The van der Waals surface area contributed by atoms with Crippen LogP contribution in [0.4, 0.5) is 0 Å². The van der Waals surface area contributed by atoms with Crippen molar-refractivity contribution in [1.82, 2.24) is 29.9 Å². The molecule has 1 N–H and O–H groups in total. The molecule has 1 saturated heterocycles. The largest absolute Gasteiger partial charge is 0.496 e. The fraction of sp³-hybridized carbons (Fsp3) is 0.407. The maximum atomic E-state index is 14.0. The summed E-state index contributed by atoms with van der Waals surface area (Å²) >= 11 is 1.58. The van der Waals surface area contributed by atoms with Crippen molar-refractivity contribution in [1.29, 1.82) is 0 Å². The second-order valence-electron chi connectivity index (χ2n) is 11.5. The van der Waals surface area contributed by atoms with Crippen LogP contribution in [0.3, 0.4) is 0 Å². The van der Waals surface area contributed by atoms with Crippen molar-refractivity contribution >= 4 is 30.8 Å². The number of nitrogens with one attached hydrogen (secondary N) is 1. The van der Waals surface area contributed by atoms with Crippen molar-refractivity contribution in [2.45, 2.75) is 45.6 Å². The maximum absolute atomic E-state index is 14.0. The first kappa shape index (κ1) is 25.8. The topological polar surface area (TPSA) is 107 Å². The molecule has 4 aromatic rings. The monoisotopic (exact) mass is 564 g/mol. The zero-order chi connectivity index (χ0) is 27.5. The zero-order valence-corrected chi connectivity index (χ0v) is 24.8. The molecule has 0 aliphatic carbocycles. The van der Waals surface area contributed by atoms with Crippen molar-refractivity contribution in [2.24, 2.45) is 0 Å². The summed E-state index contributed by atoms with van der Waals surface area (Å²) in [7, 11) is -0.0739. The number of aromatic amines is 1. The Bertz CT molecular complexity index is 1550. The Kier molecular flexibility index (Phi) is 6.16. The molecular weight excluding hydrogens is 532 g/mol. The minimum absolute atomic E-state index is 0.122. The minimum atomic E-state index is -1.70. The van der Waals surface area contributed by atoms with Crippen molar-refractivity contribution in [2.75, 3.05) is 26.9 Å². The smallest absolute Gasteiger partial charge is 0.275 e. The lowest BCUT2D eigenvalue weighted by molar-refractivity contribution is -0.0374. The first-order valence-electron chi connectivity index (χ1n) is 12.9. The average molecular weight is 565 g/mol. The second-order valence-corrected chi connectivity index (χ2v) is 17.2. The fourth-order valence-electron chi connectivity index (χ4n) is 5.04. The summed E-state index contributed by atoms with van der Waals surface area (Å²) in [5.41, 5.74) is 4.90. The number of H-pyrrole nitrogens is 1. The quantitative estimate of drug-likeness (QED) is 0.364. The van der Waals surface area contributed by atoms with Crippen molar-refractivity contribution in [3.63, 3.8) is 0 Å². The van der Waals surface area contributed by atoms with Crippen molar-refractivity contribution in [3.05, 3.63) is 40.2 Å². The fourth-order valence-corrected chi connectivity index (χ4v) is 6.49. The van der Waals surface area contributed by atoms with Crippen LogP contribution in [0.5, 0.6) is 11.5 Å². The molecule has 0 saturated carbocycles. The molecule has 2 aliphatic heterocycles. The molecule has 5 heterocycles. The Morgan fingerprint density at radius 2 is 2.05 bits per heavy atom. The van der Waals surface area contributed by atoms with E-state index >= 15 is 0 Å². The number of carbonyl (C=O) groups excluding carboxylic acids is 1. The number of aromatic nitrogens is 5. The number of hydrogen-bond donors (Lipinski definition) is 1. The summed E-state index contributed by atoms with van der Waals surface area (Å²) in [6.07, 6.45) is 0. The molecule has 2 aliphatic rings. The van der Waals surface area contributed by atoms with E-state index < -0.39 is 13.6 Å². The number of methoxy groups -OCH3 is 1. The van der Waals surface area contributed by atoms with E-state index in [1.165, 1.54) is 0 Å². The van der Waals surface area contributed by atoms with Crippen molar-refractivity contribution in [3.8, 4) is 39.8 Å². The van der Waals surface area contributed by atoms with Gasteiger partial charge in [0.05, 0.1) is 42.8 Å². The van der Waals surface area contributed by atoms with Gasteiger partial charge in [0.1, 0.15) is 31.6 Å². The predicted molar refractivity (Wildman–Crippen MR) is 152 cm³/mol. The number of rotatable bonds is 5. The van der Waals surface area contributed by atoms with Crippen LogP contribution in [-0.4, -0.2) is 76.3 Å². The molecular formula is C27H32N6O4SSi. The van der Waals surface area contributed by atoms with Crippen molar-refractivity contribution < 1.29 is 19.0 Å². The van der Waals surface area contributed by atoms with Crippen LogP contribution in [0, 0.1) is 0 Å². The third-order valence-corrected chi connectivity index (χ3v) is 9.51. The number of benzene rings is 1. The first-order chi connectivity index (χ1) is 18.6. The number of morpholine rings is 1. The molecule has 12 heteroatoms. The lowest BCUT2D eigenvalue weighted by atomic mass is 9.97. The van der Waals surface area contributed by atoms with Crippen LogP contribution in [0.2, 0.25) is 19.6 Å². The minimum Gasteiger partial charge on any atom is -0.496 e. The number of ether oxygens (including phenoxy) is 3. The highest BCUT2D eigenvalue weighted by atomic mass is 32.1. The summed E-state index contributed by atoms with van der Waals surface area (Å²) in [4.78, 5) is 20.7. The third-order valence-electron chi connectivity index (χ3n) is 7.19. The molecule has 10 nitrogen and oxygen atoms in total. The number of fused-ring (bicyclic) bond motifs is 3. The Balaban J connectivity index is 1.53. The van der Waals surface area contributed by atoms with E-state index in [-0.39, 0.29) is 12.5 Å². The number of thiophene rings is 1. The maximum Gasteiger partial charge on any atom is 0.275 e. The standard InChI is InChI=1S/C27H32N6O4SSi/c1-27(2)15-36-9-8-32(27)25(34)22-19-13-37-21-12-20(35-3)18(24-28-26(30-29-24)39(4,5)6)11-17(21)23(19)33(31-22)16-7-10-38-14-16/h7,10-12,14H,8-9,13,15H2,1-6H3,(H,28,29,30). The summed E-state index contributed by atoms with van der Waals surface area (Å²) in [6.45, 7) is 12.4. The molecule has 0 radical (unpaired) electrons. The molecule has 1 amide bonds. The lowest BCUT2D eigenvalue weighted by Crippen LogP contribution is -2.55. The van der Waals surface area contributed by atoms with Crippen LogP contribution in [0.1, 0.15) is 29.9 Å². The number of amides is 1. The van der Waals surface area contributed by atoms with Gasteiger partial charge in [-0.25, -0.2) is 9.67 Å². The second kappa shape index (κ2) is 9.32. The van der Waals surface area contributed by atoms with Crippen LogP contribution >= 0.6 is 11.3 Å². The van der Waals surface area contributed by atoms with Gasteiger partial charge in [-0.15, -0.1) is 0 Å². The number of hydrogen-bond acceptors (Lipinski definition) is 8. The molecule has 39 heavy (non-hydrogen) atoms. The molecule has 0 atom stereocenters. The van der Waals surface area contributed by atoms with E-state index in [9.17, 15) is 4.79 Å². The van der Waals surface area contributed by atoms with Gasteiger partial charge in [-0.3, -0.25) is 9.89 Å². The van der Waals surface area contributed by atoms with Gasteiger partial charge in [0.25, 0.3) is 5.91 Å². The van der Waals surface area contributed by atoms with Crippen LogP contribution < -0.4 is 14.9 Å². The summed E-state index contributed by atoms with van der Waals surface area (Å²) in [5.74, 6) is 1.72. The van der Waals surface area contributed by atoms with E-state index in [4.69, 9.17) is 24.3 Å². The normalized spacial score (nSPS) is 16.4. The Morgan fingerprint density at radius 3 is 2.72 bits per heavy atom. The highest BCUT2D eigenvalue weighted by molar-refractivity contribution is 7.08. The number of nitrogens with zero attached hydrogens (tertiary/aromatic N) is 5. The van der Waals surface area contributed by atoms with Gasteiger partial charge < -0.3 is 19.1 Å². The molecule has 0 bridgehead atoms. The van der Waals surface area contributed by atoms with E-state index in [2.05, 4.69) is 29.8 Å². The van der Waals surface area contributed by atoms with Gasteiger partial charge in [-0.2, -0.15) is 21.5 Å². The molecule has 3 aromatic heterocycles. The number of carbonyl (C=O) groups is 1. The molecule has 204 valence electrons. The average Bonchev–Trinajstić information content (AvgIpc) is 3.66. The Labute approximate surface area is 231 Å². The van der Waals surface area contributed by atoms with E-state index in [0.717, 1.165) is 33.5 Å². The van der Waals surface area contributed by atoms with Gasteiger partial charge in [0, 0.05) is 29.1 Å². The Morgan fingerprint density at radius 1 is 1.23 bits per heavy atom. The van der Waals surface area contributed by atoms with E-state index in [0.29, 0.717) is 42.8 Å². The van der Waals surface area contributed by atoms with Gasteiger partial charge in [-0.1, -0.05) is 19.6 Å². The van der Waals surface area contributed by atoms with Gasteiger partial charge >= 0.3 is 0 Å². The SMILES string of the molecule is COc1cc2c(cc1-c1n[nH]c([Si](C)(C)C)n1)-c1c(c(C(=O)N3CCOCC3(C)C)nn1-c1ccsc1)CO2. The lowest BCUT2D eigenvalue weighted by Gasteiger charge is -2.41. The van der Waals surface area contributed by atoms with Crippen LogP contribution in [-0.2, 0) is 11.3 Å². The third kappa shape index (κ3) is 4.36. The molecule has 1 aromatic carbocycles. The molecule has 1 fully saturated rings. The highest BCUT2D eigenvalue weighted by Gasteiger charge is 2.39. The van der Waals surface area contributed by atoms with E-state index in [1.54, 1.807) is 18.4 Å². The van der Waals surface area contributed by atoms with Gasteiger partial charge in [0.2, 0.25) is 0 Å². The Hall–Kier alpha value is -3.48. The van der Waals surface area contributed by atoms with E-state index in [1.807, 2.05) is 52.4 Å². The highest BCUT2D eigenvalue weighted by Crippen LogP contribution is 2.45.